The van der Waals surface area contributed by atoms with Crippen LogP contribution < -0.4 is 0 Å². The zero-order valence-electron chi connectivity index (χ0n) is 4.73. The molecule has 0 saturated carbocycles. The van der Waals surface area contributed by atoms with E-state index in [4.69, 9.17) is 4.74 Å². The number of rotatable bonds is 2. The van der Waals surface area contributed by atoms with Crippen LogP contribution in [0.2, 0.25) is 0 Å². The van der Waals surface area contributed by atoms with Gasteiger partial charge in [-0.05, 0) is 18.6 Å². The van der Waals surface area contributed by atoms with Crippen molar-refractivity contribution in [1.29, 1.82) is 0 Å². The zero-order valence-corrected chi connectivity index (χ0v) is 5.55. The smallest absolute Gasteiger partial charge is 0.156 e. The third-order valence-corrected chi connectivity index (χ3v) is 0.627. The molecule has 2 heteroatoms. The Morgan fingerprint density at radius 3 is 2.43 bits per heavy atom. The molecule has 0 N–H and O–H groups in total. The van der Waals surface area contributed by atoms with E-state index in [-0.39, 0.29) is 0 Å². The Labute approximate surface area is 49.7 Å². The Balaban J connectivity index is 2.82. The molecule has 0 saturated heterocycles. The van der Waals surface area contributed by atoms with Gasteiger partial charge in [0.1, 0.15) is 0 Å². The Morgan fingerprint density at radius 1 is 1.71 bits per heavy atom. The molecule has 0 bridgehead atoms. The normalized spacial score (nSPS) is 8.29. The van der Waals surface area contributed by atoms with E-state index < -0.39 is 0 Å². The van der Waals surface area contributed by atoms with Crippen molar-refractivity contribution in [3.05, 3.63) is 0 Å². The van der Waals surface area contributed by atoms with Gasteiger partial charge in [0.2, 0.25) is 0 Å². The van der Waals surface area contributed by atoms with E-state index in [1.807, 2.05) is 0 Å². The van der Waals surface area contributed by atoms with E-state index in [0.717, 1.165) is 13.0 Å². The van der Waals surface area contributed by atoms with E-state index in [1.54, 1.807) is 6.92 Å². The lowest BCUT2D eigenvalue weighted by Gasteiger charge is -1.97. The first-order chi connectivity index (χ1) is 3.27. The summed E-state index contributed by atoms with van der Waals surface area (Å²) >= 11 is 4.64. The second-order valence-corrected chi connectivity index (χ2v) is 1.91. The largest absolute Gasteiger partial charge is 0.487 e. The van der Waals surface area contributed by atoms with Crippen LogP contribution in [0.1, 0.15) is 20.3 Å². The topological polar surface area (TPSA) is 9.23 Å². The number of hydrogen-bond donors (Lipinski definition) is 0. The zero-order chi connectivity index (χ0) is 5.70. The van der Waals surface area contributed by atoms with Crippen LogP contribution in [0.25, 0.3) is 0 Å². The van der Waals surface area contributed by atoms with E-state index in [9.17, 15) is 0 Å². The molecule has 0 fully saturated rings. The Hall–Kier alpha value is -0.110. The summed E-state index contributed by atoms with van der Waals surface area (Å²) in [4.78, 5) is 0. The first-order valence-corrected chi connectivity index (χ1v) is 2.81. The quantitative estimate of drug-likeness (QED) is 0.511. The van der Waals surface area contributed by atoms with Gasteiger partial charge in [-0.15, -0.1) is 0 Å². The first kappa shape index (κ1) is 6.89. The van der Waals surface area contributed by atoms with Crippen molar-refractivity contribution >= 4 is 17.3 Å². The average Bonchev–Trinajstić information content (AvgIpc) is 1.61. The van der Waals surface area contributed by atoms with Gasteiger partial charge in [0, 0.05) is 6.92 Å². The minimum absolute atomic E-state index is 0.641. The molecule has 0 aliphatic carbocycles. The average molecular weight is 118 g/mol. The summed E-state index contributed by atoms with van der Waals surface area (Å²) in [7, 11) is 0. The number of thiocarbonyl (C=S) groups is 1. The van der Waals surface area contributed by atoms with Gasteiger partial charge < -0.3 is 4.74 Å². The fourth-order valence-corrected chi connectivity index (χ4v) is 0.329. The molecule has 0 atom stereocenters. The molecule has 42 valence electrons. The second kappa shape index (κ2) is 4.06. The maximum atomic E-state index is 4.92. The molecule has 1 nitrogen and oxygen atoms in total. The number of hydrogen-bond acceptors (Lipinski definition) is 2. The second-order valence-electron chi connectivity index (χ2n) is 1.34. The molecular weight excluding hydrogens is 108 g/mol. The highest BCUT2D eigenvalue weighted by Crippen LogP contribution is 1.81. The highest BCUT2D eigenvalue weighted by atomic mass is 32.1. The lowest BCUT2D eigenvalue weighted by Crippen LogP contribution is -1.95. The van der Waals surface area contributed by atoms with Crippen molar-refractivity contribution in [2.75, 3.05) is 6.61 Å². The van der Waals surface area contributed by atoms with Gasteiger partial charge in [0.05, 0.1) is 6.61 Å². The third kappa shape index (κ3) is 5.89. The van der Waals surface area contributed by atoms with Crippen LogP contribution in [0.15, 0.2) is 0 Å². The van der Waals surface area contributed by atoms with Crippen LogP contribution in [0, 0.1) is 0 Å². The fourth-order valence-electron chi connectivity index (χ4n) is 0.246. The molecular formula is C5H10OS. The Morgan fingerprint density at radius 2 is 2.29 bits per heavy atom. The highest BCUT2D eigenvalue weighted by Gasteiger charge is 1.81. The minimum atomic E-state index is 0.641. The standard InChI is InChI=1S/C5H10OS/c1-3-4-6-5(2)7/h3-4H2,1-2H3. The summed E-state index contributed by atoms with van der Waals surface area (Å²) < 4.78 is 4.92. The third-order valence-electron chi connectivity index (χ3n) is 0.509. The van der Waals surface area contributed by atoms with Crippen LogP contribution >= 0.6 is 12.2 Å². The molecule has 0 aromatic rings. The lowest BCUT2D eigenvalue weighted by molar-refractivity contribution is 0.310. The molecule has 0 aliphatic rings. The predicted octanol–water partition coefficient (Wildman–Crippen LogP) is 1.76. The van der Waals surface area contributed by atoms with Crippen molar-refractivity contribution in [3.63, 3.8) is 0 Å². The molecule has 0 aliphatic heterocycles. The summed E-state index contributed by atoms with van der Waals surface area (Å²) in [6, 6.07) is 0. The monoisotopic (exact) mass is 118 g/mol. The van der Waals surface area contributed by atoms with Gasteiger partial charge in [-0.2, -0.15) is 0 Å². The van der Waals surface area contributed by atoms with E-state index in [2.05, 4.69) is 19.1 Å². The lowest BCUT2D eigenvalue weighted by atomic mass is 10.5. The van der Waals surface area contributed by atoms with Gasteiger partial charge >= 0.3 is 0 Å². The van der Waals surface area contributed by atoms with Crippen molar-refractivity contribution in [3.8, 4) is 0 Å². The Bertz CT molecular complexity index is 61.1. The van der Waals surface area contributed by atoms with Gasteiger partial charge in [0.15, 0.2) is 5.05 Å². The van der Waals surface area contributed by atoms with Gasteiger partial charge in [-0.1, -0.05) is 6.92 Å². The maximum absolute atomic E-state index is 4.92. The summed E-state index contributed by atoms with van der Waals surface area (Å²) in [5, 5.41) is 0.641. The van der Waals surface area contributed by atoms with Crippen molar-refractivity contribution in [2.24, 2.45) is 0 Å². The molecule has 0 amide bonds. The van der Waals surface area contributed by atoms with Gasteiger partial charge in [-0.3, -0.25) is 0 Å². The fraction of sp³-hybridized carbons (Fsp3) is 0.800. The van der Waals surface area contributed by atoms with E-state index in [0.29, 0.717) is 5.05 Å². The number of ether oxygens (including phenoxy) is 1. The van der Waals surface area contributed by atoms with Crippen molar-refractivity contribution in [1.82, 2.24) is 0 Å². The van der Waals surface area contributed by atoms with Crippen LogP contribution in [0.3, 0.4) is 0 Å². The van der Waals surface area contributed by atoms with Crippen LogP contribution in [-0.2, 0) is 4.74 Å². The maximum Gasteiger partial charge on any atom is 0.156 e. The van der Waals surface area contributed by atoms with Gasteiger partial charge in [-0.25, -0.2) is 0 Å². The summed E-state index contributed by atoms with van der Waals surface area (Å²) in [5.41, 5.74) is 0. The van der Waals surface area contributed by atoms with E-state index >= 15 is 0 Å². The minimum Gasteiger partial charge on any atom is -0.487 e. The van der Waals surface area contributed by atoms with Gasteiger partial charge in [0.25, 0.3) is 0 Å². The van der Waals surface area contributed by atoms with Crippen molar-refractivity contribution < 1.29 is 4.74 Å². The Kier molecular flexibility index (Phi) is 4.00. The molecule has 0 unspecified atom stereocenters. The van der Waals surface area contributed by atoms with Crippen LogP contribution in [0.5, 0.6) is 0 Å². The van der Waals surface area contributed by atoms with Crippen molar-refractivity contribution in [2.45, 2.75) is 20.3 Å². The first-order valence-electron chi connectivity index (χ1n) is 2.40. The summed E-state index contributed by atoms with van der Waals surface area (Å²) in [6.07, 6.45) is 1.04. The molecule has 0 heterocycles. The molecule has 0 aromatic carbocycles. The predicted molar refractivity (Wildman–Crippen MR) is 34.5 cm³/mol. The SMILES string of the molecule is CCCOC(C)=S. The van der Waals surface area contributed by atoms with Crippen LogP contribution in [-0.4, -0.2) is 11.7 Å². The molecule has 7 heavy (non-hydrogen) atoms. The highest BCUT2D eigenvalue weighted by molar-refractivity contribution is 7.80. The summed E-state index contributed by atoms with van der Waals surface area (Å²) in [5.74, 6) is 0. The summed E-state index contributed by atoms with van der Waals surface area (Å²) in [6.45, 7) is 4.60. The molecule has 0 radical (unpaired) electrons. The molecule has 0 rings (SSSR count). The van der Waals surface area contributed by atoms with E-state index in [1.165, 1.54) is 0 Å². The van der Waals surface area contributed by atoms with Crippen LogP contribution in [0.4, 0.5) is 0 Å². The molecule has 0 aromatic heterocycles. The molecule has 0 spiro atoms.